The van der Waals surface area contributed by atoms with Crippen molar-refractivity contribution in [3.63, 3.8) is 0 Å². The van der Waals surface area contributed by atoms with Crippen LogP contribution in [-0.4, -0.2) is 38.8 Å². The lowest BCUT2D eigenvalue weighted by Gasteiger charge is -2.23. The SMILES string of the molecule is Cc1nc2c(F)cc(-c3nc(NC4CCOCC4)ncc3Cl)cc2n1C(C)C. The second-order valence-corrected chi connectivity index (χ2v) is 7.78. The molecule has 3 heterocycles. The van der Waals surface area contributed by atoms with Crippen molar-refractivity contribution in [1.29, 1.82) is 0 Å². The lowest BCUT2D eigenvalue weighted by molar-refractivity contribution is 0.0903. The summed E-state index contributed by atoms with van der Waals surface area (Å²) in [5.74, 6) is 0.876. The molecule has 0 unspecified atom stereocenters. The molecule has 1 N–H and O–H groups in total. The highest BCUT2D eigenvalue weighted by molar-refractivity contribution is 6.33. The first-order chi connectivity index (χ1) is 13.4. The zero-order valence-corrected chi connectivity index (χ0v) is 16.9. The Morgan fingerprint density at radius 3 is 2.71 bits per heavy atom. The quantitative estimate of drug-likeness (QED) is 0.680. The normalized spacial score (nSPS) is 15.5. The van der Waals surface area contributed by atoms with Crippen LogP contribution < -0.4 is 5.32 Å². The van der Waals surface area contributed by atoms with Gasteiger partial charge in [0.2, 0.25) is 5.95 Å². The Hall–Kier alpha value is -2.25. The number of aromatic nitrogens is 4. The van der Waals surface area contributed by atoms with E-state index in [1.165, 1.54) is 6.07 Å². The monoisotopic (exact) mass is 403 g/mol. The topological polar surface area (TPSA) is 64.9 Å². The van der Waals surface area contributed by atoms with Crippen LogP contribution in [0, 0.1) is 12.7 Å². The zero-order valence-electron chi connectivity index (χ0n) is 16.2. The van der Waals surface area contributed by atoms with E-state index in [4.69, 9.17) is 16.3 Å². The number of fused-ring (bicyclic) bond motifs is 1. The van der Waals surface area contributed by atoms with Gasteiger partial charge in [-0.25, -0.2) is 19.3 Å². The van der Waals surface area contributed by atoms with E-state index in [0.717, 1.165) is 37.4 Å². The molecule has 1 aliphatic rings. The first-order valence-corrected chi connectivity index (χ1v) is 9.87. The minimum Gasteiger partial charge on any atom is -0.381 e. The third-order valence-corrected chi connectivity index (χ3v) is 5.29. The van der Waals surface area contributed by atoms with Crippen LogP contribution >= 0.6 is 11.6 Å². The van der Waals surface area contributed by atoms with Crippen molar-refractivity contribution < 1.29 is 9.13 Å². The lowest BCUT2D eigenvalue weighted by Crippen LogP contribution is -2.28. The van der Waals surface area contributed by atoms with Gasteiger partial charge in [0.15, 0.2) is 5.82 Å². The van der Waals surface area contributed by atoms with Gasteiger partial charge in [-0.2, -0.15) is 0 Å². The fourth-order valence-electron chi connectivity index (χ4n) is 3.72. The van der Waals surface area contributed by atoms with Crippen LogP contribution in [0.25, 0.3) is 22.3 Å². The molecular formula is C20H23ClFN5O. The molecule has 0 atom stereocenters. The van der Waals surface area contributed by atoms with Crippen LogP contribution in [0.3, 0.4) is 0 Å². The van der Waals surface area contributed by atoms with E-state index in [2.05, 4.69) is 20.3 Å². The average Bonchev–Trinajstić information content (AvgIpc) is 3.01. The number of halogens is 2. The summed E-state index contributed by atoms with van der Waals surface area (Å²) in [4.78, 5) is 13.2. The molecule has 8 heteroatoms. The van der Waals surface area contributed by atoms with Gasteiger partial charge in [0.05, 0.1) is 22.4 Å². The summed E-state index contributed by atoms with van der Waals surface area (Å²) in [7, 11) is 0. The molecule has 1 aromatic carbocycles. The van der Waals surface area contributed by atoms with Crippen LogP contribution in [0.4, 0.5) is 10.3 Å². The second kappa shape index (κ2) is 7.64. The summed E-state index contributed by atoms with van der Waals surface area (Å²) in [6.07, 6.45) is 3.35. The molecule has 4 rings (SSSR count). The Morgan fingerprint density at radius 2 is 2.00 bits per heavy atom. The van der Waals surface area contributed by atoms with Crippen molar-refractivity contribution in [2.45, 2.75) is 45.7 Å². The van der Waals surface area contributed by atoms with Gasteiger partial charge < -0.3 is 14.6 Å². The number of hydrogen-bond donors (Lipinski definition) is 1. The van der Waals surface area contributed by atoms with Crippen molar-refractivity contribution in [1.82, 2.24) is 19.5 Å². The maximum absolute atomic E-state index is 14.8. The molecule has 0 aliphatic carbocycles. The van der Waals surface area contributed by atoms with Crippen LogP contribution in [0.15, 0.2) is 18.3 Å². The summed E-state index contributed by atoms with van der Waals surface area (Å²) in [5.41, 5.74) is 2.20. The Bertz CT molecular complexity index is 1010. The summed E-state index contributed by atoms with van der Waals surface area (Å²) in [6, 6.07) is 3.75. The number of benzene rings is 1. The highest BCUT2D eigenvalue weighted by Gasteiger charge is 2.19. The molecule has 3 aromatic rings. The molecule has 0 spiro atoms. The van der Waals surface area contributed by atoms with Crippen LogP contribution in [0.1, 0.15) is 38.6 Å². The minimum absolute atomic E-state index is 0.159. The molecule has 0 radical (unpaired) electrons. The van der Waals surface area contributed by atoms with Gasteiger partial charge in [-0.3, -0.25) is 0 Å². The first kappa shape index (κ1) is 19.1. The standard InChI is InChI=1S/C20H23ClFN5O/c1-11(2)27-12(3)24-19-16(22)8-13(9-17(19)27)18-15(21)10-23-20(26-18)25-14-4-6-28-7-5-14/h8-11,14H,4-7H2,1-3H3,(H,23,25,26). The van der Waals surface area contributed by atoms with Crippen LogP contribution in [0.5, 0.6) is 0 Å². The molecule has 28 heavy (non-hydrogen) atoms. The summed E-state index contributed by atoms with van der Waals surface area (Å²) < 4.78 is 22.2. The fraction of sp³-hybridized carbons (Fsp3) is 0.450. The maximum Gasteiger partial charge on any atom is 0.223 e. The van der Waals surface area contributed by atoms with E-state index in [-0.39, 0.29) is 17.9 Å². The molecule has 0 bridgehead atoms. The van der Waals surface area contributed by atoms with Gasteiger partial charge in [0.25, 0.3) is 0 Å². The minimum atomic E-state index is -0.386. The van der Waals surface area contributed by atoms with Crippen LogP contribution in [0.2, 0.25) is 5.02 Å². The van der Waals surface area contributed by atoms with Crippen molar-refractivity contribution >= 4 is 28.6 Å². The third-order valence-electron chi connectivity index (χ3n) is 5.01. The summed E-state index contributed by atoms with van der Waals surface area (Å²) in [6.45, 7) is 7.42. The zero-order chi connectivity index (χ0) is 19.8. The molecule has 0 amide bonds. The predicted octanol–water partition coefficient (Wildman–Crippen LogP) is 4.77. The van der Waals surface area contributed by atoms with E-state index < -0.39 is 0 Å². The number of hydrogen-bond acceptors (Lipinski definition) is 5. The van der Waals surface area contributed by atoms with E-state index >= 15 is 0 Å². The number of nitrogens with zero attached hydrogens (tertiary/aromatic N) is 4. The van der Waals surface area contributed by atoms with E-state index in [0.29, 0.717) is 27.7 Å². The average molecular weight is 404 g/mol. The van der Waals surface area contributed by atoms with Crippen molar-refractivity contribution in [2.75, 3.05) is 18.5 Å². The van der Waals surface area contributed by atoms with Gasteiger partial charge in [0, 0.05) is 30.9 Å². The Kier molecular flexibility index (Phi) is 5.21. The molecular weight excluding hydrogens is 381 g/mol. The van der Waals surface area contributed by atoms with Gasteiger partial charge in [0.1, 0.15) is 11.3 Å². The predicted molar refractivity (Wildman–Crippen MR) is 108 cm³/mol. The highest BCUT2D eigenvalue weighted by Crippen LogP contribution is 2.32. The fourth-order valence-corrected chi connectivity index (χ4v) is 3.92. The van der Waals surface area contributed by atoms with Crippen molar-refractivity contribution in [2.24, 2.45) is 0 Å². The first-order valence-electron chi connectivity index (χ1n) is 9.49. The number of nitrogens with one attached hydrogen (secondary N) is 1. The van der Waals surface area contributed by atoms with E-state index in [1.54, 1.807) is 6.20 Å². The van der Waals surface area contributed by atoms with Gasteiger partial charge >= 0.3 is 0 Å². The Balaban J connectivity index is 1.76. The summed E-state index contributed by atoms with van der Waals surface area (Å²) >= 11 is 6.37. The molecule has 148 valence electrons. The maximum atomic E-state index is 14.8. The second-order valence-electron chi connectivity index (χ2n) is 7.37. The van der Waals surface area contributed by atoms with Crippen molar-refractivity contribution in [3.8, 4) is 11.3 Å². The lowest BCUT2D eigenvalue weighted by atomic mass is 10.1. The van der Waals surface area contributed by atoms with Gasteiger partial charge in [-0.05, 0) is 45.7 Å². The van der Waals surface area contributed by atoms with Gasteiger partial charge in [-0.15, -0.1) is 0 Å². The van der Waals surface area contributed by atoms with E-state index in [9.17, 15) is 4.39 Å². The molecule has 2 aromatic heterocycles. The van der Waals surface area contributed by atoms with E-state index in [1.807, 2.05) is 31.4 Å². The third kappa shape index (κ3) is 3.56. The highest BCUT2D eigenvalue weighted by atomic mass is 35.5. The number of anilines is 1. The van der Waals surface area contributed by atoms with Crippen LogP contribution in [-0.2, 0) is 4.74 Å². The smallest absolute Gasteiger partial charge is 0.223 e. The molecule has 0 saturated carbocycles. The molecule has 1 aliphatic heterocycles. The number of rotatable bonds is 4. The van der Waals surface area contributed by atoms with Crippen molar-refractivity contribution in [3.05, 3.63) is 35.0 Å². The Morgan fingerprint density at radius 1 is 1.25 bits per heavy atom. The number of ether oxygens (including phenoxy) is 1. The summed E-state index contributed by atoms with van der Waals surface area (Å²) in [5, 5.41) is 3.71. The molecule has 6 nitrogen and oxygen atoms in total. The number of imidazole rings is 1. The molecule has 1 fully saturated rings. The molecule has 1 saturated heterocycles. The largest absolute Gasteiger partial charge is 0.381 e. The van der Waals surface area contributed by atoms with Gasteiger partial charge in [-0.1, -0.05) is 11.6 Å². The number of aryl methyl sites for hydroxylation is 1. The Labute approximate surface area is 168 Å².